The van der Waals surface area contributed by atoms with Gasteiger partial charge in [0.25, 0.3) is 5.91 Å². The molecule has 1 heterocycles. The van der Waals surface area contributed by atoms with Gasteiger partial charge >= 0.3 is 0 Å². The minimum absolute atomic E-state index is 0.0671. The highest BCUT2D eigenvalue weighted by atomic mass is 16.6. The highest BCUT2D eigenvalue weighted by molar-refractivity contribution is 5.96. The number of fused-ring (bicyclic) bond motifs is 5. The van der Waals surface area contributed by atoms with E-state index < -0.39 is 0 Å². The van der Waals surface area contributed by atoms with Crippen molar-refractivity contribution in [3.8, 4) is 0 Å². The minimum Gasteiger partial charge on any atom is -0.393 e. The topological polar surface area (TPSA) is 83.8 Å². The summed E-state index contributed by atoms with van der Waals surface area (Å²) in [5, 5.41) is 17.8. The molecule has 3 fully saturated rings. The number of amides is 1. The van der Waals surface area contributed by atoms with Gasteiger partial charge in [0.15, 0.2) is 6.61 Å². The molecule has 0 aliphatic heterocycles. The van der Waals surface area contributed by atoms with E-state index in [-0.39, 0.29) is 29.4 Å². The third-order valence-electron chi connectivity index (χ3n) is 9.54. The number of rotatable bonds is 5. The molecule has 0 bridgehead atoms. The second-order valence-electron chi connectivity index (χ2n) is 11.1. The van der Waals surface area contributed by atoms with Gasteiger partial charge in [0.1, 0.15) is 0 Å². The van der Waals surface area contributed by atoms with E-state index in [1.54, 1.807) is 12.4 Å². The van der Waals surface area contributed by atoms with Crippen LogP contribution in [0.1, 0.15) is 70.8 Å². The number of hydrogen-bond acceptors (Lipinski definition) is 5. The molecule has 0 saturated heterocycles. The number of carbonyl (C=O) groups is 1. The summed E-state index contributed by atoms with van der Waals surface area (Å²) in [5.41, 5.74) is 3.85. The molecule has 4 aliphatic rings. The first-order valence-corrected chi connectivity index (χ1v) is 12.6. The lowest BCUT2D eigenvalue weighted by Crippen LogP contribution is -2.51. The Morgan fingerprint density at radius 1 is 1.15 bits per heavy atom. The maximum atomic E-state index is 12.1. The summed E-state index contributed by atoms with van der Waals surface area (Å²) in [5.74, 6) is 1.95. The molecule has 5 rings (SSSR count). The van der Waals surface area contributed by atoms with Gasteiger partial charge in [0.05, 0.1) is 11.8 Å². The van der Waals surface area contributed by atoms with Crippen LogP contribution in [0.15, 0.2) is 41.3 Å². The van der Waals surface area contributed by atoms with Gasteiger partial charge in [0, 0.05) is 18.9 Å². The highest BCUT2D eigenvalue weighted by Crippen LogP contribution is 2.65. The largest absolute Gasteiger partial charge is 0.393 e. The first kappa shape index (κ1) is 22.6. The van der Waals surface area contributed by atoms with Crippen LogP contribution in [0.4, 0.5) is 0 Å². The lowest BCUT2D eigenvalue weighted by atomic mass is 9.47. The van der Waals surface area contributed by atoms with Crippen LogP contribution in [0.2, 0.25) is 0 Å². The number of oxime groups is 1. The summed E-state index contributed by atoms with van der Waals surface area (Å²) in [6.45, 7) is 5.20. The van der Waals surface area contributed by atoms with E-state index in [4.69, 9.17) is 4.84 Å². The molecular formula is C27H37N3O3. The van der Waals surface area contributed by atoms with Gasteiger partial charge < -0.3 is 15.3 Å². The molecular weight excluding hydrogens is 414 g/mol. The Morgan fingerprint density at radius 3 is 2.79 bits per heavy atom. The van der Waals surface area contributed by atoms with Crippen molar-refractivity contribution >= 4 is 11.6 Å². The van der Waals surface area contributed by atoms with E-state index in [0.717, 1.165) is 49.3 Å². The number of allylic oxidation sites excluding steroid dienone is 2. The predicted molar refractivity (Wildman–Crippen MR) is 127 cm³/mol. The van der Waals surface area contributed by atoms with Crippen molar-refractivity contribution in [3.05, 3.63) is 41.7 Å². The molecule has 3 saturated carbocycles. The Bertz CT molecular complexity index is 945. The van der Waals surface area contributed by atoms with Gasteiger partial charge in [-0.1, -0.05) is 24.6 Å². The van der Waals surface area contributed by atoms with Crippen LogP contribution >= 0.6 is 0 Å². The van der Waals surface area contributed by atoms with Crippen molar-refractivity contribution in [1.82, 2.24) is 10.3 Å². The molecule has 2 N–H and O–H groups in total. The zero-order valence-electron chi connectivity index (χ0n) is 19.9. The Balaban J connectivity index is 1.19. The summed E-state index contributed by atoms with van der Waals surface area (Å²) < 4.78 is 0. The molecule has 0 radical (unpaired) electrons. The summed E-state index contributed by atoms with van der Waals surface area (Å²) in [6.07, 6.45) is 14.5. The van der Waals surface area contributed by atoms with Gasteiger partial charge in [-0.2, -0.15) is 0 Å². The number of pyridine rings is 1. The van der Waals surface area contributed by atoms with E-state index >= 15 is 0 Å². The Hall–Kier alpha value is -2.21. The lowest BCUT2D eigenvalue weighted by Gasteiger charge is -2.57. The van der Waals surface area contributed by atoms with Crippen LogP contribution in [0.3, 0.4) is 0 Å². The number of aromatic nitrogens is 1. The van der Waals surface area contributed by atoms with Crippen LogP contribution in [-0.2, 0) is 16.2 Å². The summed E-state index contributed by atoms with van der Waals surface area (Å²) in [4.78, 5) is 21.5. The van der Waals surface area contributed by atoms with Gasteiger partial charge in [-0.3, -0.25) is 9.78 Å². The van der Waals surface area contributed by atoms with Crippen LogP contribution in [0.25, 0.3) is 0 Å². The maximum absolute atomic E-state index is 12.1. The SMILES string of the molecule is C[C@]12CC[C@@H]3[C@H](CCC4=C/C(=N/OCC(=O)NCc5ccncc5)CC[C@@]43C)[C@@H]1CC[C@@H]2O. The summed E-state index contributed by atoms with van der Waals surface area (Å²) in [6, 6.07) is 3.76. The number of aliphatic hydroxyl groups is 1. The number of hydrogen-bond donors (Lipinski definition) is 2. The number of aliphatic hydroxyl groups excluding tert-OH is 1. The van der Waals surface area contributed by atoms with Crippen molar-refractivity contribution < 1.29 is 14.7 Å². The molecule has 0 spiro atoms. The van der Waals surface area contributed by atoms with Crippen molar-refractivity contribution in [1.29, 1.82) is 0 Å². The smallest absolute Gasteiger partial charge is 0.261 e. The first-order valence-electron chi connectivity index (χ1n) is 12.6. The molecule has 6 atom stereocenters. The van der Waals surface area contributed by atoms with Crippen molar-refractivity contribution in [3.63, 3.8) is 0 Å². The molecule has 178 valence electrons. The summed E-state index contributed by atoms with van der Waals surface area (Å²) in [7, 11) is 0. The van der Waals surface area contributed by atoms with E-state index in [1.807, 2.05) is 12.1 Å². The zero-order valence-corrected chi connectivity index (χ0v) is 19.9. The zero-order chi connectivity index (χ0) is 23.1. The van der Waals surface area contributed by atoms with Gasteiger partial charge in [-0.25, -0.2) is 0 Å². The molecule has 4 aliphatic carbocycles. The lowest BCUT2D eigenvalue weighted by molar-refractivity contribution is -0.125. The van der Waals surface area contributed by atoms with Crippen LogP contribution in [0, 0.1) is 28.6 Å². The Labute approximate surface area is 196 Å². The molecule has 1 amide bonds. The third kappa shape index (κ3) is 4.11. The fourth-order valence-electron chi connectivity index (χ4n) is 7.54. The maximum Gasteiger partial charge on any atom is 0.261 e. The molecule has 1 aromatic heterocycles. The van der Waals surface area contributed by atoms with Crippen molar-refractivity contribution in [2.75, 3.05) is 6.61 Å². The monoisotopic (exact) mass is 451 g/mol. The van der Waals surface area contributed by atoms with E-state index in [0.29, 0.717) is 18.4 Å². The average molecular weight is 452 g/mol. The van der Waals surface area contributed by atoms with Gasteiger partial charge in [0.2, 0.25) is 0 Å². The number of nitrogens with one attached hydrogen (secondary N) is 1. The highest BCUT2D eigenvalue weighted by Gasteiger charge is 2.58. The second kappa shape index (κ2) is 8.86. The Kier molecular flexibility index (Phi) is 6.06. The van der Waals surface area contributed by atoms with Crippen LogP contribution in [0.5, 0.6) is 0 Å². The summed E-state index contributed by atoms with van der Waals surface area (Å²) >= 11 is 0. The predicted octanol–water partition coefficient (Wildman–Crippen LogP) is 4.39. The molecule has 6 nitrogen and oxygen atoms in total. The minimum atomic E-state index is -0.172. The second-order valence-corrected chi connectivity index (χ2v) is 11.1. The van der Waals surface area contributed by atoms with E-state index in [2.05, 4.69) is 35.4 Å². The standard InChI is InChI=1S/C27H37N3O3/c1-26-11-7-20(30-33-17-25(32)29-16-18-9-13-28-14-10-18)15-19(26)3-4-21-22-5-6-24(31)27(22,2)12-8-23(21)26/h9-10,13-15,21-24,31H,3-8,11-12,16-17H2,1-2H3,(H,29,32)/b30-20+/t21-,22+,23-,24+,26+,27+/m1/s1. The van der Waals surface area contributed by atoms with E-state index in [1.165, 1.54) is 24.8 Å². The fourth-order valence-corrected chi connectivity index (χ4v) is 7.54. The fraction of sp³-hybridized carbons (Fsp3) is 0.667. The van der Waals surface area contributed by atoms with Crippen molar-refractivity contribution in [2.24, 2.45) is 33.7 Å². The number of nitrogens with zero attached hydrogens (tertiary/aromatic N) is 2. The molecule has 33 heavy (non-hydrogen) atoms. The average Bonchev–Trinajstić information content (AvgIpc) is 3.13. The van der Waals surface area contributed by atoms with E-state index in [9.17, 15) is 9.90 Å². The first-order chi connectivity index (χ1) is 15.9. The van der Waals surface area contributed by atoms with Crippen LogP contribution < -0.4 is 5.32 Å². The molecule has 0 unspecified atom stereocenters. The molecule has 0 aromatic carbocycles. The quantitative estimate of drug-likeness (QED) is 0.650. The normalized spacial score (nSPS) is 38.6. The number of carbonyl (C=O) groups excluding carboxylic acids is 1. The molecule has 6 heteroatoms. The van der Waals surface area contributed by atoms with Crippen molar-refractivity contribution in [2.45, 2.75) is 77.9 Å². The Morgan fingerprint density at radius 2 is 1.97 bits per heavy atom. The van der Waals surface area contributed by atoms with Gasteiger partial charge in [-0.15, -0.1) is 0 Å². The molecule has 1 aromatic rings. The van der Waals surface area contributed by atoms with Gasteiger partial charge in [-0.05, 0) is 104 Å². The van der Waals surface area contributed by atoms with Crippen LogP contribution in [-0.4, -0.2) is 34.4 Å². The third-order valence-corrected chi connectivity index (χ3v) is 9.54.